The van der Waals surface area contributed by atoms with Crippen molar-refractivity contribution in [1.82, 2.24) is 0 Å². The Labute approximate surface area is 184 Å². The lowest BCUT2D eigenvalue weighted by molar-refractivity contribution is 0.101. The van der Waals surface area contributed by atoms with Crippen molar-refractivity contribution >= 4 is 11.3 Å². The second kappa shape index (κ2) is 7.55. The van der Waals surface area contributed by atoms with Gasteiger partial charge in [0, 0.05) is 36.7 Å². The monoisotopic (exact) mass is 405 g/mol. The van der Waals surface area contributed by atoms with Crippen LogP contribution in [0.15, 0.2) is 103 Å². The zero-order valence-corrected chi connectivity index (χ0v) is 17.8. The van der Waals surface area contributed by atoms with Gasteiger partial charge in [-0.15, -0.1) is 0 Å². The van der Waals surface area contributed by atoms with E-state index in [1.165, 1.54) is 39.9 Å². The van der Waals surface area contributed by atoms with Crippen LogP contribution in [-0.4, -0.2) is 13.2 Å². The highest BCUT2D eigenvalue weighted by Gasteiger charge is 2.46. The first-order valence-corrected chi connectivity index (χ1v) is 11.2. The fourth-order valence-electron chi connectivity index (χ4n) is 5.94. The summed E-state index contributed by atoms with van der Waals surface area (Å²) in [6.45, 7) is 0.848. The molecule has 0 radical (unpaired) electrons. The molecule has 0 amide bonds. The van der Waals surface area contributed by atoms with Crippen LogP contribution >= 0.6 is 0 Å². The molecule has 0 fully saturated rings. The Morgan fingerprint density at radius 1 is 0.806 bits per heavy atom. The lowest BCUT2D eigenvalue weighted by Crippen LogP contribution is -2.38. The van der Waals surface area contributed by atoms with Crippen LogP contribution in [0.2, 0.25) is 0 Å². The van der Waals surface area contributed by atoms with E-state index in [4.69, 9.17) is 4.74 Å². The summed E-state index contributed by atoms with van der Waals surface area (Å²) in [5, 5.41) is 0. The minimum Gasteiger partial charge on any atom is -0.375 e. The summed E-state index contributed by atoms with van der Waals surface area (Å²) in [5.41, 5.74) is 8.31. The Morgan fingerprint density at radius 3 is 2.26 bits per heavy atom. The number of ether oxygens (including phenoxy) is 1. The lowest BCUT2D eigenvalue weighted by atomic mass is 9.85. The number of nitrogens with zero attached hydrogens (tertiary/aromatic N) is 1. The molecule has 6 rings (SSSR count). The van der Waals surface area contributed by atoms with E-state index in [0.29, 0.717) is 11.8 Å². The highest BCUT2D eigenvalue weighted by Crippen LogP contribution is 2.56. The maximum atomic E-state index is 6.37. The second-order valence-electron chi connectivity index (χ2n) is 8.85. The molecular weight excluding hydrogens is 378 g/mol. The van der Waals surface area contributed by atoms with Crippen LogP contribution in [0.3, 0.4) is 0 Å². The SMILES string of the molecule is COC1C2=C(c3ccccc3N(Cc3ccccc3)C1c1ccccc1)C1C=CC2C1. The number of allylic oxidation sites excluding steroid dienone is 3. The third-order valence-corrected chi connectivity index (χ3v) is 7.19. The van der Waals surface area contributed by atoms with Crippen molar-refractivity contribution in [2.24, 2.45) is 11.8 Å². The first-order chi connectivity index (χ1) is 15.3. The predicted octanol–water partition coefficient (Wildman–Crippen LogP) is 6.42. The van der Waals surface area contributed by atoms with E-state index in [9.17, 15) is 0 Å². The fraction of sp³-hybridized carbons (Fsp3) is 0.241. The summed E-state index contributed by atoms with van der Waals surface area (Å²) in [4.78, 5) is 2.58. The van der Waals surface area contributed by atoms with Gasteiger partial charge in [-0.25, -0.2) is 0 Å². The van der Waals surface area contributed by atoms with E-state index in [-0.39, 0.29) is 12.1 Å². The Balaban J connectivity index is 1.59. The number of para-hydroxylation sites is 1. The van der Waals surface area contributed by atoms with Gasteiger partial charge < -0.3 is 9.64 Å². The zero-order valence-electron chi connectivity index (χ0n) is 17.8. The average molecular weight is 406 g/mol. The number of fused-ring (bicyclic) bond motifs is 6. The topological polar surface area (TPSA) is 12.5 Å². The van der Waals surface area contributed by atoms with Gasteiger partial charge >= 0.3 is 0 Å². The van der Waals surface area contributed by atoms with Crippen LogP contribution < -0.4 is 4.90 Å². The maximum Gasteiger partial charge on any atom is 0.104 e. The largest absolute Gasteiger partial charge is 0.375 e. The van der Waals surface area contributed by atoms with Gasteiger partial charge in [-0.1, -0.05) is 91.0 Å². The predicted molar refractivity (Wildman–Crippen MR) is 127 cm³/mol. The third-order valence-electron chi connectivity index (χ3n) is 7.19. The zero-order chi connectivity index (χ0) is 20.8. The molecular formula is C29H27NO. The standard InChI is InChI=1S/C29H27NO/c1-31-29-27-23-17-16-22(18-23)26(27)24-14-8-9-15-25(24)30(19-20-10-4-2-5-11-20)28(29)21-12-6-3-7-13-21/h2-17,22-23,28-29H,18-19H2,1H3. The molecule has 31 heavy (non-hydrogen) atoms. The molecule has 1 heterocycles. The molecule has 2 bridgehead atoms. The van der Waals surface area contributed by atoms with Gasteiger partial charge in [-0.05, 0) is 34.8 Å². The molecule has 4 unspecified atom stereocenters. The lowest BCUT2D eigenvalue weighted by Gasteiger charge is -2.39. The molecule has 3 aromatic rings. The van der Waals surface area contributed by atoms with E-state index in [1.54, 1.807) is 0 Å². The molecule has 4 atom stereocenters. The van der Waals surface area contributed by atoms with Crippen LogP contribution in [0.25, 0.3) is 5.57 Å². The highest BCUT2D eigenvalue weighted by molar-refractivity contribution is 5.86. The van der Waals surface area contributed by atoms with Crippen LogP contribution in [0, 0.1) is 11.8 Å². The highest BCUT2D eigenvalue weighted by atomic mass is 16.5. The molecule has 3 aliphatic rings. The van der Waals surface area contributed by atoms with Crippen LogP contribution in [-0.2, 0) is 11.3 Å². The summed E-state index contributed by atoms with van der Waals surface area (Å²) in [5.74, 6) is 0.993. The van der Waals surface area contributed by atoms with Gasteiger partial charge in [0.15, 0.2) is 0 Å². The molecule has 0 saturated heterocycles. The Bertz CT molecular complexity index is 1150. The molecule has 0 spiro atoms. The Kier molecular flexibility index (Phi) is 4.54. The summed E-state index contributed by atoms with van der Waals surface area (Å²) in [7, 11) is 1.89. The van der Waals surface area contributed by atoms with E-state index in [0.717, 1.165) is 6.54 Å². The van der Waals surface area contributed by atoms with Gasteiger partial charge in [0.1, 0.15) is 6.10 Å². The number of hydrogen-bond donors (Lipinski definition) is 0. The number of rotatable bonds is 4. The molecule has 0 saturated carbocycles. The Hall–Kier alpha value is -3.10. The van der Waals surface area contributed by atoms with E-state index >= 15 is 0 Å². The first kappa shape index (κ1) is 18.7. The smallest absolute Gasteiger partial charge is 0.104 e. The first-order valence-electron chi connectivity index (χ1n) is 11.2. The van der Waals surface area contributed by atoms with Crippen molar-refractivity contribution in [3.63, 3.8) is 0 Å². The van der Waals surface area contributed by atoms with Gasteiger partial charge in [0.05, 0.1) is 6.04 Å². The van der Waals surface area contributed by atoms with Crippen LogP contribution in [0.5, 0.6) is 0 Å². The number of benzene rings is 3. The number of anilines is 1. The van der Waals surface area contributed by atoms with E-state index < -0.39 is 0 Å². The van der Waals surface area contributed by atoms with Crippen molar-refractivity contribution in [1.29, 1.82) is 0 Å². The third kappa shape index (κ3) is 2.97. The molecule has 2 nitrogen and oxygen atoms in total. The minimum absolute atomic E-state index is 0.0217. The average Bonchev–Trinajstić information content (AvgIpc) is 3.42. The van der Waals surface area contributed by atoms with Crippen molar-refractivity contribution in [2.75, 3.05) is 12.0 Å². The number of hydrogen-bond acceptors (Lipinski definition) is 2. The van der Waals surface area contributed by atoms with E-state index in [2.05, 4.69) is 102 Å². The van der Waals surface area contributed by atoms with Gasteiger partial charge in [-0.3, -0.25) is 0 Å². The normalized spacial score (nSPS) is 26.0. The van der Waals surface area contributed by atoms with Gasteiger partial charge in [0.2, 0.25) is 0 Å². The van der Waals surface area contributed by atoms with Crippen molar-refractivity contribution in [3.05, 3.63) is 119 Å². The van der Waals surface area contributed by atoms with Gasteiger partial charge in [-0.2, -0.15) is 0 Å². The minimum atomic E-state index is 0.0217. The molecule has 3 aromatic carbocycles. The maximum absolute atomic E-state index is 6.37. The summed E-state index contributed by atoms with van der Waals surface area (Å²) in [6, 6.07) is 30.8. The molecule has 0 aromatic heterocycles. The van der Waals surface area contributed by atoms with Crippen molar-refractivity contribution < 1.29 is 4.74 Å². The summed E-state index contributed by atoms with van der Waals surface area (Å²) < 4.78 is 6.37. The van der Waals surface area contributed by atoms with Crippen LogP contribution in [0.1, 0.15) is 29.2 Å². The summed E-state index contributed by atoms with van der Waals surface area (Å²) in [6.07, 6.45) is 6.04. The molecule has 2 heteroatoms. The molecule has 154 valence electrons. The number of methoxy groups -OCH3 is 1. The summed E-state index contributed by atoms with van der Waals surface area (Å²) >= 11 is 0. The van der Waals surface area contributed by atoms with Gasteiger partial charge in [0.25, 0.3) is 0 Å². The second-order valence-corrected chi connectivity index (χ2v) is 8.85. The van der Waals surface area contributed by atoms with E-state index in [1.807, 2.05) is 7.11 Å². The fourth-order valence-corrected chi connectivity index (χ4v) is 5.94. The molecule has 2 aliphatic carbocycles. The van der Waals surface area contributed by atoms with Crippen molar-refractivity contribution in [2.45, 2.75) is 25.1 Å². The van der Waals surface area contributed by atoms with Crippen molar-refractivity contribution in [3.8, 4) is 0 Å². The Morgan fingerprint density at radius 2 is 1.48 bits per heavy atom. The van der Waals surface area contributed by atoms with Crippen LogP contribution in [0.4, 0.5) is 5.69 Å². The quantitative estimate of drug-likeness (QED) is 0.464. The molecule has 1 aliphatic heterocycles. The molecule has 0 N–H and O–H groups in total.